The van der Waals surface area contributed by atoms with Crippen LogP contribution in [-0.2, 0) is 0 Å². The molecule has 1 aromatic heterocycles. The normalized spacial score (nSPS) is 9.64. The van der Waals surface area contributed by atoms with E-state index in [4.69, 9.17) is 0 Å². The van der Waals surface area contributed by atoms with Crippen molar-refractivity contribution in [1.29, 1.82) is 0 Å². The van der Waals surface area contributed by atoms with Crippen molar-refractivity contribution in [3.8, 4) is 0 Å². The molecular weight excluding hydrogens is 278 g/mol. The first-order chi connectivity index (χ1) is 5.11. The van der Waals surface area contributed by atoms with E-state index in [1.54, 1.807) is 0 Å². The first kappa shape index (κ1) is 8.67. The number of pyridine rings is 1. The Labute approximate surface area is 79.7 Å². The van der Waals surface area contributed by atoms with Gasteiger partial charge in [0.1, 0.15) is 9.21 Å². The van der Waals surface area contributed by atoms with Gasteiger partial charge in [-0.3, -0.25) is 0 Å². The molecule has 0 saturated heterocycles. The molecule has 0 radical (unpaired) electrons. The van der Waals surface area contributed by atoms with Crippen molar-refractivity contribution in [2.24, 2.45) is 0 Å². The van der Waals surface area contributed by atoms with Crippen LogP contribution in [-0.4, -0.2) is 11.0 Å². The Morgan fingerprint density at radius 1 is 1.45 bits per heavy atom. The van der Waals surface area contributed by atoms with Crippen LogP contribution in [0.5, 0.6) is 0 Å². The maximum atomic E-state index is 10.3. The predicted molar refractivity (Wildman–Crippen MR) is 44.0 cm³/mol. The summed E-state index contributed by atoms with van der Waals surface area (Å²) in [5.74, 6) is -1.24. The molecule has 58 valence electrons. The van der Waals surface area contributed by atoms with E-state index in [9.17, 15) is 9.90 Å². The number of hydrogen-bond donors (Lipinski definition) is 0. The van der Waals surface area contributed by atoms with Crippen molar-refractivity contribution in [3.05, 3.63) is 26.9 Å². The van der Waals surface area contributed by atoms with E-state index in [0.29, 0.717) is 4.60 Å². The number of nitrogens with zero attached hydrogens (tertiary/aromatic N) is 1. The highest BCUT2D eigenvalue weighted by molar-refractivity contribution is 9.11. The third kappa shape index (κ3) is 2.00. The summed E-state index contributed by atoms with van der Waals surface area (Å²) >= 11 is 6.08. The van der Waals surface area contributed by atoms with Crippen molar-refractivity contribution in [2.45, 2.75) is 0 Å². The number of carbonyl (C=O) groups is 1. The Balaban J connectivity index is 3.20. The summed E-state index contributed by atoms with van der Waals surface area (Å²) in [6, 6.07) is 2.95. The van der Waals surface area contributed by atoms with Crippen molar-refractivity contribution >= 4 is 37.8 Å². The lowest BCUT2D eigenvalue weighted by Crippen LogP contribution is -2.22. The summed E-state index contributed by atoms with van der Waals surface area (Å²) in [7, 11) is 0. The molecule has 1 aromatic rings. The SMILES string of the molecule is O=C([O-])c1ccc(Br)nc1Br. The van der Waals surface area contributed by atoms with Crippen LogP contribution in [0.2, 0.25) is 0 Å². The van der Waals surface area contributed by atoms with Gasteiger partial charge < -0.3 is 9.90 Å². The number of aromatic carboxylic acids is 1. The zero-order valence-electron chi connectivity index (χ0n) is 5.17. The van der Waals surface area contributed by atoms with Gasteiger partial charge in [-0.1, -0.05) is 0 Å². The molecule has 0 fully saturated rings. The molecule has 0 N–H and O–H groups in total. The predicted octanol–water partition coefficient (Wildman–Crippen LogP) is 0.970. The summed E-state index contributed by atoms with van der Waals surface area (Å²) < 4.78 is 0.848. The van der Waals surface area contributed by atoms with E-state index in [2.05, 4.69) is 36.8 Å². The molecule has 0 aliphatic rings. The van der Waals surface area contributed by atoms with Gasteiger partial charge in [-0.2, -0.15) is 0 Å². The number of carboxylic acids is 1. The van der Waals surface area contributed by atoms with Crippen LogP contribution in [0.25, 0.3) is 0 Å². The maximum absolute atomic E-state index is 10.3. The van der Waals surface area contributed by atoms with Gasteiger partial charge in [-0.25, -0.2) is 4.98 Å². The molecule has 0 aromatic carbocycles. The number of carbonyl (C=O) groups excluding carboxylic acids is 1. The van der Waals surface area contributed by atoms with Crippen LogP contribution < -0.4 is 5.11 Å². The zero-order valence-corrected chi connectivity index (χ0v) is 8.35. The van der Waals surface area contributed by atoms with Gasteiger partial charge in [0.2, 0.25) is 0 Å². The fourth-order valence-corrected chi connectivity index (χ4v) is 1.60. The van der Waals surface area contributed by atoms with Crippen molar-refractivity contribution < 1.29 is 9.90 Å². The molecule has 1 heterocycles. The standard InChI is InChI=1S/C6H3Br2NO2/c7-4-2-1-3(6(10)11)5(8)9-4/h1-2H,(H,10,11)/p-1. The van der Waals surface area contributed by atoms with E-state index < -0.39 is 5.97 Å². The van der Waals surface area contributed by atoms with Gasteiger partial charge in [-0.05, 0) is 44.0 Å². The van der Waals surface area contributed by atoms with Gasteiger partial charge in [-0.15, -0.1) is 0 Å². The molecule has 0 bridgehead atoms. The highest BCUT2D eigenvalue weighted by Crippen LogP contribution is 2.16. The molecule has 1 rings (SSSR count). The van der Waals surface area contributed by atoms with Crippen molar-refractivity contribution in [1.82, 2.24) is 4.98 Å². The largest absolute Gasteiger partial charge is 0.545 e. The lowest BCUT2D eigenvalue weighted by molar-refractivity contribution is -0.255. The van der Waals surface area contributed by atoms with Crippen LogP contribution in [0.4, 0.5) is 0 Å². The van der Waals surface area contributed by atoms with Crippen LogP contribution in [0, 0.1) is 0 Å². The molecule has 0 aliphatic carbocycles. The lowest BCUT2D eigenvalue weighted by Gasteiger charge is -2.03. The molecule has 0 spiro atoms. The fraction of sp³-hybridized carbons (Fsp3) is 0. The van der Waals surface area contributed by atoms with Gasteiger partial charge >= 0.3 is 0 Å². The summed E-state index contributed by atoms with van der Waals surface area (Å²) in [4.78, 5) is 14.1. The van der Waals surface area contributed by atoms with Crippen LogP contribution in [0.15, 0.2) is 21.3 Å². The Bertz CT molecular complexity index is 301. The van der Waals surface area contributed by atoms with Gasteiger partial charge in [0.15, 0.2) is 0 Å². The monoisotopic (exact) mass is 278 g/mol. The van der Waals surface area contributed by atoms with E-state index >= 15 is 0 Å². The minimum absolute atomic E-state index is 0.0493. The van der Waals surface area contributed by atoms with Gasteiger partial charge in [0.25, 0.3) is 0 Å². The molecule has 0 amide bonds. The topological polar surface area (TPSA) is 53.0 Å². The Morgan fingerprint density at radius 3 is 2.55 bits per heavy atom. The molecule has 11 heavy (non-hydrogen) atoms. The third-order valence-electron chi connectivity index (χ3n) is 1.03. The Morgan fingerprint density at radius 2 is 2.09 bits per heavy atom. The fourth-order valence-electron chi connectivity index (χ4n) is 0.564. The number of rotatable bonds is 1. The average molecular weight is 280 g/mol. The highest BCUT2D eigenvalue weighted by Gasteiger charge is 2.01. The van der Waals surface area contributed by atoms with E-state index in [1.807, 2.05) is 0 Å². The molecule has 0 unspecified atom stereocenters. The number of carboxylic acid groups (broad SMARTS) is 1. The smallest absolute Gasteiger partial charge is 0.116 e. The quantitative estimate of drug-likeness (QED) is 0.720. The minimum atomic E-state index is -1.24. The maximum Gasteiger partial charge on any atom is 0.116 e. The first-order valence-electron chi connectivity index (χ1n) is 2.64. The molecular formula is C6H2Br2NO2-. The average Bonchev–Trinajstić information content (AvgIpc) is 1.85. The molecule has 0 aliphatic heterocycles. The first-order valence-corrected chi connectivity index (χ1v) is 4.23. The summed E-state index contributed by atoms with van der Waals surface area (Å²) in [6.07, 6.45) is 0. The van der Waals surface area contributed by atoms with Gasteiger partial charge in [0, 0.05) is 5.56 Å². The van der Waals surface area contributed by atoms with Crippen LogP contribution in [0.1, 0.15) is 10.4 Å². The van der Waals surface area contributed by atoms with Crippen molar-refractivity contribution in [2.75, 3.05) is 0 Å². The number of aromatic nitrogens is 1. The second kappa shape index (κ2) is 3.32. The lowest BCUT2D eigenvalue weighted by atomic mass is 10.3. The van der Waals surface area contributed by atoms with E-state index in [0.717, 1.165) is 0 Å². The number of halogens is 2. The zero-order chi connectivity index (χ0) is 8.43. The molecule has 3 nitrogen and oxygen atoms in total. The second-order valence-electron chi connectivity index (χ2n) is 1.76. The molecule has 0 atom stereocenters. The van der Waals surface area contributed by atoms with Crippen LogP contribution >= 0.6 is 31.9 Å². The van der Waals surface area contributed by atoms with E-state index in [-0.39, 0.29) is 10.2 Å². The van der Waals surface area contributed by atoms with Crippen LogP contribution in [0.3, 0.4) is 0 Å². The van der Waals surface area contributed by atoms with Gasteiger partial charge in [0.05, 0.1) is 5.97 Å². The Hall–Kier alpha value is -0.420. The summed E-state index contributed by atoms with van der Waals surface area (Å²) in [5, 5.41) is 10.3. The minimum Gasteiger partial charge on any atom is -0.545 e. The molecule has 0 saturated carbocycles. The highest BCUT2D eigenvalue weighted by atomic mass is 79.9. The van der Waals surface area contributed by atoms with Crippen molar-refractivity contribution in [3.63, 3.8) is 0 Å². The van der Waals surface area contributed by atoms with E-state index in [1.165, 1.54) is 12.1 Å². The molecule has 5 heteroatoms. The summed E-state index contributed by atoms with van der Waals surface area (Å²) in [5.41, 5.74) is 0.0493. The number of hydrogen-bond acceptors (Lipinski definition) is 3. The Kier molecular flexibility index (Phi) is 2.62. The second-order valence-corrected chi connectivity index (χ2v) is 3.32. The third-order valence-corrected chi connectivity index (χ3v) is 2.08. The summed E-state index contributed by atoms with van der Waals surface area (Å²) in [6.45, 7) is 0.